The number of carbonyl (C=O) groups is 2. The normalized spacial score (nSPS) is 10.9. The van der Waals surface area contributed by atoms with E-state index >= 15 is 0 Å². The van der Waals surface area contributed by atoms with Gasteiger partial charge in [-0.2, -0.15) is 5.10 Å². The van der Waals surface area contributed by atoms with Crippen LogP contribution in [-0.4, -0.2) is 24.7 Å². The number of nitrogens with zero attached hydrogens (tertiary/aromatic N) is 1. The van der Waals surface area contributed by atoms with Crippen molar-refractivity contribution in [2.75, 3.05) is 6.61 Å². The summed E-state index contributed by atoms with van der Waals surface area (Å²) in [6, 6.07) is 25.2. The van der Waals surface area contributed by atoms with Gasteiger partial charge in [0.15, 0.2) is 0 Å². The van der Waals surface area contributed by atoms with Gasteiger partial charge < -0.3 is 9.47 Å². The van der Waals surface area contributed by atoms with Crippen LogP contribution in [0.2, 0.25) is 0 Å². The zero-order valence-corrected chi connectivity index (χ0v) is 18.9. The van der Waals surface area contributed by atoms with E-state index in [0.717, 1.165) is 16.3 Å². The molecule has 0 atom stereocenters. The monoisotopic (exact) mass is 452 g/mol. The van der Waals surface area contributed by atoms with E-state index in [2.05, 4.69) is 10.5 Å². The molecule has 4 aromatic carbocycles. The molecule has 0 fully saturated rings. The Morgan fingerprint density at radius 1 is 0.882 bits per heavy atom. The van der Waals surface area contributed by atoms with E-state index in [1.54, 1.807) is 42.5 Å². The fraction of sp³-hybridized carbons (Fsp3) is 0.107. The van der Waals surface area contributed by atoms with Gasteiger partial charge in [-0.1, -0.05) is 48.0 Å². The summed E-state index contributed by atoms with van der Waals surface area (Å²) in [7, 11) is 0. The molecule has 6 heteroatoms. The third kappa shape index (κ3) is 5.30. The van der Waals surface area contributed by atoms with Crippen LogP contribution < -0.4 is 14.9 Å². The summed E-state index contributed by atoms with van der Waals surface area (Å²) in [4.78, 5) is 25.2. The highest BCUT2D eigenvalue weighted by molar-refractivity contribution is 6.04. The number of hydrazone groups is 1. The van der Waals surface area contributed by atoms with Crippen LogP contribution in [-0.2, 0) is 0 Å². The molecule has 0 saturated heterocycles. The summed E-state index contributed by atoms with van der Waals surface area (Å²) in [5.41, 5.74) is 5.09. The molecule has 34 heavy (non-hydrogen) atoms. The maximum Gasteiger partial charge on any atom is 0.343 e. The molecule has 1 N–H and O–H groups in total. The van der Waals surface area contributed by atoms with E-state index in [4.69, 9.17) is 9.47 Å². The van der Waals surface area contributed by atoms with Gasteiger partial charge in [0.2, 0.25) is 0 Å². The molecule has 0 unspecified atom stereocenters. The van der Waals surface area contributed by atoms with Crippen LogP contribution in [0.5, 0.6) is 11.5 Å². The van der Waals surface area contributed by atoms with Gasteiger partial charge in [-0.25, -0.2) is 10.2 Å². The third-order valence-electron chi connectivity index (χ3n) is 5.21. The SMILES string of the molecule is CCOc1ccc(C(=O)Oc2ccc3ccccc3c2/C=N/NC(=O)c2ccc(C)cc2)cc1. The van der Waals surface area contributed by atoms with Crippen molar-refractivity contribution < 1.29 is 19.1 Å². The summed E-state index contributed by atoms with van der Waals surface area (Å²) >= 11 is 0. The summed E-state index contributed by atoms with van der Waals surface area (Å²) in [6.07, 6.45) is 1.50. The van der Waals surface area contributed by atoms with Gasteiger partial charge in [0.1, 0.15) is 11.5 Å². The second kappa shape index (κ2) is 10.4. The van der Waals surface area contributed by atoms with Crippen molar-refractivity contribution in [1.29, 1.82) is 0 Å². The molecule has 170 valence electrons. The predicted octanol–water partition coefficient (Wildman–Crippen LogP) is 5.53. The Morgan fingerprint density at radius 2 is 1.59 bits per heavy atom. The number of aryl methyl sites for hydroxylation is 1. The van der Waals surface area contributed by atoms with Crippen molar-refractivity contribution in [2.24, 2.45) is 5.10 Å². The van der Waals surface area contributed by atoms with Crippen LogP contribution in [0.4, 0.5) is 0 Å². The second-order valence-electron chi connectivity index (χ2n) is 7.61. The fourth-order valence-electron chi connectivity index (χ4n) is 3.44. The van der Waals surface area contributed by atoms with Crippen molar-refractivity contribution >= 4 is 28.9 Å². The number of hydrogen-bond donors (Lipinski definition) is 1. The maximum atomic E-state index is 12.8. The molecule has 6 nitrogen and oxygen atoms in total. The lowest BCUT2D eigenvalue weighted by molar-refractivity contribution is 0.0734. The number of rotatable bonds is 7. The van der Waals surface area contributed by atoms with Crippen molar-refractivity contribution in [2.45, 2.75) is 13.8 Å². The molecule has 0 aliphatic heterocycles. The molecule has 1 amide bonds. The molecule has 0 bridgehead atoms. The Morgan fingerprint density at radius 3 is 2.32 bits per heavy atom. The summed E-state index contributed by atoms with van der Waals surface area (Å²) < 4.78 is 11.1. The Kier molecular flexibility index (Phi) is 6.98. The number of ether oxygens (including phenoxy) is 2. The molecule has 0 aliphatic carbocycles. The van der Waals surface area contributed by atoms with Gasteiger partial charge in [-0.05, 0) is 67.1 Å². The highest BCUT2D eigenvalue weighted by Gasteiger charge is 2.14. The summed E-state index contributed by atoms with van der Waals surface area (Å²) in [6.45, 7) is 4.40. The molecule has 4 aromatic rings. The van der Waals surface area contributed by atoms with Crippen LogP contribution in [0.1, 0.15) is 38.8 Å². The number of carbonyl (C=O) groups excluding carboxylic acids is 2. The molecule has 0 saturated carbocycles. The first-order chi connectivity index (χ1) is 16.5. The topological polar surface area (TPSA) is 77.0 Å². The zero-order chi connectivity index (χ0) is 23.9. The van der Waals surface area contributed by atoms with E-state index in [-0.39, 0.29) is 5.91 Å². The van der Waals surface area contributed by atoms with E-state index in [0.29, 0.717) is 34.8 Å². The number of amides is 1. The molecule has 0 aromatic heterocycles. The van der Waals surface area contributed by atoms with Gasteiger partial charge in [-0.3, -0.25) is 4.79 Å². The molecular formula is C28H24N2O4. The largest absolute Gasteiger partial charge is 0.494 e. The predicted molar refractivity (Wildman–Crippen MR) is 133 cm³/mol. The lowest BCUT2D eigenvalue weighted by Crippen LogP contribution is -2.17. The number of hydrogen-bond acceptors (Lipinski definition) is 5. The van der Waals surface area contributed by atoms with Gasteiger partial charge in [0.05, 0.1) is 18.4 Å². The van der Waals surface area contributed by atoms with Gasteiger partial charge >= 0.3 is 5.97 Å². The Balaban J connectivity index is 1.58. The smallest absolute Gasteiger partial charge is 0.343 e. The minimum atomic E-state index is -0.503. The first-order valence-electron chi connectivity index (χ1n) is 10.9. The van der Waals surface area contributed by atoms with Crippen molar-refractivity contribution in [3.05, 3.63) is 107 Å². The number of esters is 1. The first-order valence-corrected chi connectivity index (χ1v) is 10.9. The summed E-state index contributed by atoms with van der Waals surface area (Å²) in [5.74, 6) is 0.189. The summed E-state index contributed by atoms with van der Waals surface area (Å²) in [5, 5.41) is 5.92. The van der Waals surface area contributed by atoms with Gasteiger partial charge in [-0.15, -0.1) is 0 Å². The van der Waals surface area contributed by atoms with Crippen molar-refractivity contribution in [1.82, 2.24) is 5.43 Å². The molecule has 4 rings (SSSR count). The molecule has 0 spiro atoms. The Bertz CT molecular complexity index is 1340. The molecular weight excluding hydrogens is 428 g/mol. The Hall–Kier alpha value is -4.45. The minimum absolute atomic E-state index is 0.329. The minimum Gasteiger partial charge on any atom is -0.494 e. The van der Waals surface area contributed by atoms with E-state index in [1.807, 2.05) is 56.3 Å². The molecule has 0 aliphatic rings. The van der Waals surface area contributed by atoms with Crippen LogP contribution in [0.15, 0.2) is 90.0 Å². The number of benzene rings is 4. The molecule has 0 radical (unpaired) electrons. The number of nitrogens with one attached hydrogen (secondary N) is 1. The van der Waals surface area contributed by atoms with E-state index in [1.165, 1.54) is 6.21 Å². The van der Waals surface area contributed by atoms with Crippen molar-refractivity contribution in [3.63, 3.8) is 0 Å². The van der Waals surface area contributed by atoms with E-state index in [9.17, 15) is 9.59 Å². The molecule has 0 heterocycles. The van der Waals surface area contributed by atoms with Crippen LogP contribution in [0, 0.1) is 6.92 Å². The highest BCUT2D eigenvalue weighted by Crippen LogP contribution is 2.27. The average Bonchev–Trinajstić information content (AvgIpc) is 2.86. The first kappa shape index (κ1) is 22.7. The standard InChI is InChI=1S/C28H24N2O4/c1-3-33-23-15-12-22(13-16-23)28(32)34-26-17-14-20-6-4-5-7-24(20)25(26)18-29-30-27(31)21-10-8-19(2)9-11-21/h4-18H,3H2,1-2H3,(H,30,31)/b29-18+. The van der Waals surface area contributed by atoms with E-state index < -0.39 is 5.97 Å². The van der Waals surface area contributed by atoms with Crippen LogP contribution >= 0.6 is 0 Å². The average molecular weight is 453 g/mol. The second-order valence-corrected chi connectivity index (χ2v) is 7.61. The quantitative estimate of drug-likeness (QED) is 0.173. The van der Waals surface area contributed by atoms with Crippen LogP contribution in [0.3, 0.4) is 0 Å². The fourth-order valence-corrected chi connectivity index (χ4v) is 3.44. The number of fused-ring (bicyclic) bond motifs is 1. The zero-order valence-electron chi connectivity index (χ0n) is 18.9. The van der Waals surface area contributed by atoms with Crippen LogP contribution in [0.25, 0.3) is 10.8 Å². The van der Waals surface area contributed by atoms with Gasteiger partial charge in [0, 0.05) is 11.1 Å². The maximum absolute atomic E-state index is 12.8. The lowest BCUT2D eigenvalue weighted by atomic mass is 10.0. The van der Waals surface area contributed by atoms with Crippen molar-refractivity contribution in [3.8, 4) is 11.5 Å². The van der Waals surface area contributed by atoms with Gasteiger partial charge in [0.25, 0.3) is 5.91 Å². The highest BCUT2D eigenvalue weighted by atomic mass is 16.5. The lowest BCUT2D eigenvalue weighted by Gasteiger charge is -2.11. The third-order valence-corrected chi connectivity index (χ3v) is 5.21. The Labute approximate surface area is 197 Å².